The number of carbonyl (C=O) groups excluding carboxylic acids is 1. The summed E-state index contributed by atoms with van der Waals surface area (Å²) in [4.78, 5) is 11.9. The third-order valence-electron chi connectivity index (χ3n) is 4.34. The summed E-state index contributed by atoms with van der Waals surface area (Å²) < 4.78 is 0. The maximum Gasteiger partial charge on any atom is 0.161 e. The highest BCUT2D eigenvalue weighted by atomic mass is 16.1. The molecule has 0 fully saturated rings. The van der Waals surface area contributed by atoms with Crippen molar-refractivity contribution in [2.24, 2.45) is 0 Å². The average molecular weight is 311 g/mol. The van der Waals surface area contributed by atoms with Crippen LogP contribution in [0.15, 0.2) is 78.9 Å². The summed E-state index contributed by atoms with van der Waals surface area (Å²) in [5, 5.41) is 8.17. The molecule has 0 spiro atoms. The van der Waals surface area contributed by atoms with Crippen LogP contribution in [0.25, 0.3) is 21.5 Å². The molecular formula is C22H17NO. The summed E-state index contributed by atoms with van der Waals surface area (Å²) in [6.45, 7) is 1.60. The fourth-order valence-corrected chi connectivity index (χ4v) is 3.18. The Hall–Kier alpha value is -3.13. The van der Waals surface area contributed by atoms with E-state index < -0.39 is 0 Å². The summed E-state index contributed by atoms with van der Waals surface area (Å²) in [5.74, 6) is 0.0580. The molecule has 4 aromatic carbocycles. The summed E-state index contributed by atoms with van der Waals surface area (Å²) >= 11 is 0. The first-order chi connectivity index (χ1) is 11.7. The molecule has 0 unspecified atom stereocenters. The van der Waals surface area contributed by atoms with Crippen LogP contribution in [0.5, 0.6) is 0 Å². The highest BCUT2D eigenvalue weighted by Crippen LogP contribution is 2.35. The van der Waals surface area contributed by atoms with Crippen molar-refractivity contribution in [3.63, 3.8) is 0 Å². The zero-order valence-electron chi connectivity index (χ0n) is 13.4. The Morgan fingerprint density at radius 2 is 1.29 bits per heavy atom. The van der Waals surface area contributed by atoms with Crippen LogP contribution in [0.2, 0.25) is 0 Å². The zero-order valence-corrected chi connectivity index (χ0v) is 13.4. The molecule has 0 aliphatic rings. The molecule has 0 amide bonds. The Kier molecular flexibility index (Phi) is 3.51. The van der Waals surface area contributed by atoms with Crippen LogP contribution in [0.3, 0.4) is 0 Å². The number of ketones is 1. The molecule has 1 N–H and O–H groups in total. The molecule has 4 aromatic rings. The van der Waals surface area contributed by atoms with Crippen molar-refractivity contribution < 1.29 is 4.79 Å². The van der Waals surface area contributed by atoms with Gasteiger partial charge in [0.15, 0.2) is 5.78 Å². The van der Waals surface area contributed by atoms with Crippen molar-refractivity contribution in [3.05, 3.63) is 84.4 Å². The van der Waals surface area contributed by atoms with Gasteiger partial charge in [0.25, 0.3) is 0 Å². The maximum absolute atomic E-state index is 11.9. The number of rotatable bonds is 3. The minimum atomic E-state index is 0.0580. The lowest BCUT2D eigenvalue weighted by molar-refractivity contribution is 0.101. The highest BCUT2D eigenvalue weighted by Gasteiger charge is 2.11. The van der Waals surface area contributed by atoms with Crippen molar-refractivity contribution in [2.45, 2.75) is 6.92 Å². The molecule has 0 aliphatic heterocycles. The van der Waals surface area contributed by atoms with Gasteiger partial charge in [-0.05, 0) is 35.9 Å². The molecule has 116 valence electrons. The van der Waals surface area contributed by atoms with Gasteiger partial charge in [0.2, 0.25) is 0 Å². The van der Waals surface area contributed by atoms with Gasteiger partial charge in [-0.3, -0.25) is 4.79 Å². The van der Waals surface area contributed by atoms with Gasteiger partial charge < -0.3 is 5.32 Å². The van der Waals surface area contributed by atoms with Crippen LogP contribution in [0, 0.1) is 0 Å². The molecule has 0 saturated heterocycles. The van der Waals surface area contributed by atoms with Gasteiger partial charge in [-0.15, -0.1) is 0 Å². The lowest BCUT2D eigenvalue weighted by Gasteiger charge is -2.15. The van der Waals surface area contributed by atoms with Gasteiger partial charge in [0.05, 0.1) is 5.69 Å². The molecule has 24 heavy (non-hydrogen) atoms. The van der Waals surface area contributed by atoms with Gasteiger partial charge in [-0.2, -0.15) is 0 Å². The second kappa shape index (κ2) is 5.82. The minimum Gasteiger partial charge on any atom is -0.354 e. The fourth-order valence-electron chi connectivity index (χ4n) is 3.18. The lowest BCUT2D eigenvalue weighted by Crippen LogP contribution is -2.01. The Labute approximate surface area is 140 Å². The van der Waals surface area contributed by atoms with E-state index in [9.17, 15) is 4.79 Å². The van der Waals surface area contributed by atoms with Gasteiger partial charge in [-0.1, -0.05) is 60.7 Å². The van der Waals surface area contributed by atoms with Gasteiger partial charge in [0.1, 0.15) is 0 Å². The van der Waals surface area contributed by atoms with E-state index in [1.54, 1.807) is 6.92 Å². The summed E-state index contributed by atoms with van der Waals surface area (Å²) in [5.41, 5.74) is 2.58. The van der Waals surface area contributed by atoms with Crippen LogP contribution in [0.4, 0.5) is 11.4 Å². The second-order valence-corrected chi connectivity index (χ2v) is 5.92. The Morgan fingerprint density at radius 1 is 0.750 bits per heavy atom. The predicted molar refractivity (Wildman–Crippen MR) is 101 cm³/mol. The van der Waals surface area contributed by atoms with Crippen molar-refractivity contribution in [2.75, 3.05) is 5.32 Å². The number of benzene rings is 4. The largest absolute Gasteiger partial charge is 0.354 e. The fraction of sp³-hybridized carbons (Fsp3) is 0.0455. The standard InChI is InChI=1S/C22H17NO/c1-15(24)18-10-6-7-13-21(18)23-22-19-11-4-2-8-16(19)14-17-9-3-5-12-20(17)22/h2-14,23H,1H3. The van der Waals surface area contributed by atoms with Crippen LogP contribution in [0.1, 0.15) is 17.3 Å². The number of nitrogens with one attached hydrogen (secondary N) is 1. The number of carbonyl (C=O) groups is 1. The molecule has 2 heteroatoms. The summed E-state index contributed by atoms with van der Waals surface area (Å²) in [6, 6.07) is 26.5. The van der Waals surface area contributed by atoms with E-state index >= 15 is 0 Å². The molecule has 0 aromatic heterocycles. The first-order valence-electron chi connectivity index (χ1n) is 8.01. The molecule has 0 heterocycles. The van der Waals surface area contributed by atoms with E-state index in [0.717, 1.165) is 22.1 Å². The van der Waals surface area contributed by atoms with Crippen molar-refractivity contribution in [3.8, 4) is 0 Å². The third kappa shape index (κ3) is 2.42. The normalized spacial score (nSPS) is 10.9. The second-order valence-electron chi connectivity index (χ2n) is 5.92. The smallest absolute Gasteiger partial charge is 0.161 e. The van der Waals surface area contributed by atoms with Crippen molar-refractivity contribution in [1.82, 2.24) is 0 Å². The maximum atomic E-state index is 11.9. The third-order valence-corrected chi connectivity index (χ3v) is 4.34. The first-order valence-corrected chi connectivity index (χ1v) is 8.01. The minimum absolute atomic E-state index is 0.0580. The summed E-state index contributed by atoms with van der Waals surface area (Å²) in [6.07, 6.45) is 0. The molecule has 0 aliphatic carbocycles. The number of para-hydroxylation sites is 1. The Balaban J connectivity index is 2.00. The van der Waals surface area contributed by atoms with Gasteiger partial charge >= 0.3 is 0 Å². The van der Waals surface area contributed by atoms with Crippen LogP contribution >= 0.6 is 0 Å². The molecule has 0 bridgehead atoms. The van der Waals surface area contributed by atoms with E-state index in [0.29, 0.717) is 5.56 Å². The van der Waals surface area contributed by atoms with Gasteiger partial charge in [0, 0.05) is 22.0 Å². The lowest BCUT2D eigenvalue weighted by atomic mass is 10.00. The number of fused-ring (bicyclic) bond motifs is 2. The topological polar surface area (TPSA) is 29.1 Å². The highest BCUT2D eigenvalue weighted by molar-refractivity contribution is 6.13. The summed E-state index contributed by atoms with van der Waals surface area (Å²) in [7, 11) is 0. The van der Waals surface area contributed by atoms with Crippen molar-refractivity contribution >= 4 is 38.7 Å². The van der Waals surface area contributed by atoms with Crippen LogP contribution < -0.4 is 5.32 Å². The van der Waals surface area contributed by atoms with Crippen molar-refractivity contribution in [1.29, 1.82) is 0 Å². The number of Topliss-reactive ketones (excluding diaryl/α,β-unsaturated/α-hetero) is 1. The molecular weight excluding hydrogens is 294 g/mol. The SMILES string of the molecule is CC(=O)c1ccccc1Nc1c2ccccc2cc2ccccc12. The monoisotopic (exact) mass is 311 g/mol. The van der Waals surface area contributed by atoms with E-state index in [-0.39, 0.29) is 5.78 Å². The van der Waals surface area contributed by atoms with E-state index in [1.807, 2.05) is 48.5 Å². The number of hydrogen-bond donors (Lipinski definition) is 1. The molecule has 4 rings (SSSR count). The van der Waals surface area contributed by atoms with E-state index in [4.69, 9.17) is 0 Å². The molecule has 2 nitrogen and oxygen atoms in total. The average Bonchev–Trinajstić information content (AvgIpc) is 2.62. The quantitative estimate of drug-likeness (QED) is 0.375. The first kappa shape index (κ1) is 14.5. The number of hydrogen-bond acceptors (Lipinski definition) is 2. The van der Waals surface area contributed by atoms with E-state index in [1.165, 1.54) is 10.8 Å². The Bertz CT molecular complexity index is 1010. The van der Waals surface area contributed by atoms with E-state index in [2.05, 4.69) is 35.6 Å². The van der Waals surface area contributed by atoms with Gasteiger partial charge in [-0.25, -0.2) is 0 Å². The predicted octanol–water partition coefficient (Wildman–Crippen LogP) is 5.94. The molecule has 0 radical (unpaired) electrons. The molecule has 0 saturated carbocycles. The van der Waals surface area contributed by atoms with Crippen LogP contribution in [-0.4, -0.2) is 5.78 Å². The molecule has 0 atom stereocenters. The van der Waals surface area contributed by atoms with Crippen LogP contribution in [-0.2, 0) is 0 Å². The zero-order chi connectivity index (χ0) is 16.5. The number of anilines is 2. The Morgan fingerprint density at radius 3 is 1.92 bits per heavy atom.